The summed E-state index contributed by atoms with van der Waals surface area (Å²) in [6.07, 6.45) is 7.32. The van der Waals surface area contributed by atoms with Crippen molar-refractivity contribution in [2.75, 3.05) is 19.7 Å². The van der Waals surface area contributed by atoms with Gasteiger partial charge in [0.05, 0.1) is 24.3 Å². The van der Waals surface area contributed by atoms with Crippen molar-refractivity contribution in [1.29, 1.82) is 0 Å². The average Bonchev–Trinajstić information content (AvgIpc) is 3.16. The van der Waals surface area contributed by atoms with Crippen LogP contribution in [0.25, 0.3) is 11.3 Å². The largest absolute Gasteiger partial charge is 0.369 e. The number of sulfonamides is 1. The summed E-state index contributed by atoms with van der Waals surface area (Å²) in [4.78, 5) is 16.6. The molecule has 4 heterocycles. The number of aryl methyl sites for hydroxylation is 1. The molecule has 140 valence electrons. The Morgan fingerprint density at radius 3 is 2.78 bits per heavy atom. The van der Waals surface area contributed by atoms with Crippen molar-refractivity contribution in [3.05, 3.63) is 55.1 Å². The van der Waals surface area contributed by atoms with Crippen molar-refractivity contribution in [1.82, 2.24) is 28.8 Å². The van der Waals surface area contributed by atoms with Crippen LogP contribution in [-0.4, -0.2) is 56.9 Å². The summed E-state index contributed by atoms with van der Waals surface area (Å²) in [7, 11) is -1.94. The van der Waals surface area contributed by atoms with E-state index in [1.807, 2.05) is 18.2 Å². The van der Waals surface area contributed by atoms with Crippen molar-refractivity contribution in [2.24, 2.45) is 7.05 Å². The maximum Gasteiger partial charge on any atom is 0.262 e. The highest BCUT2D eigenvalue weighted by Gasteiger charge is 2.33. The Balaban J connectivity index is 1.59. The van der Waals surface area contributed by atoms with E-state index in [4.69, 9.17) is 4.74 Å². The van der Waals surface area contributed by atoms with Crippen LogP contribution >= 0.6 is 0 Å². The molecule has 0 bridgehead atoms. The molecule has 0 unspecified atom stereocenters. The van der Waals surface area contributed by atoms with Crippen molar-refractivity contribution in [2.45, 2.75) is 11.1 Å². The molecule has 1 fully saturated rings. The summed E-state index contributed by atoms with van der Waals surface area (Å²) in [6, 6.07) is 5.54. The number of aromatic nitrogens is 5. The zero-order chi connectivity index (χ0) is 18.9. The minimum atomic E-state index is -3.67. The van der Waals surface area contributed by atoms with Crippen LogP contribution < -0.4 is 0 Å². The van der Waals surface area contributed by atoms with E-state index < -0.39 is 16.1 Å². The minimum absolute atomic E-state index is 0.0359. The van der Waals surface area contributed by atoms with Crippen molar-refractivity contribution in [3.8, 4) is 11.3 Å². The molecule has 0 N–H and O–H groups in total. The summed E-state index contributed by atoms with van der Waals surface area (Å²) in [5.41, 5.74) is 2.16. The third-order valence-corrected chi connectivity index (χ3v) is 6.02. The summed E-state index contributed by atoms with van der Waals surface area (Å²) in [5, 5.41) is 0.0359. The summed E-state index contributed by atoms with van der Waals surface area (Å²) in [5.74, 6) is 0. The maximum absolute atomic E-state index is 12.8. The maximum atomic E-state index is 12.8. The molecule has 27 heavy (non-hydrogen) atoms. The van der Waals surface area contributed by atoms with E-state index in [1.54, 1.807) is 24.0 Å². The number of hydrogen-bond donors (Lipinski definition) is 0. The fourth-order valence-corrected chi connectivity index (χ4v) is 4.29. The number of morpholine rings is 1. The van der Waals surface area contributed by atoms with E-state index in [0.717, 1.165) is 5.56 Å². The van der Waals surface area contributed by atoms with Gasteiger partial charge in [0.2, 0.25) is 0 Å². The van der Waals surface area contributed by atoms with Gasteiger partial charge in [0.25, 0.3) is 10.0 Å². The molecule has 0 spiro atoms. The number of imidazole rings is 1. The SMILES string of the molecule is Cn1cnc(S(=O)(=O)N2CCO[C@H](c3cccc(-c4cncnc4)n3)C2)c1. The second kappa shape index (κ2) is 7.14. The molecule has 0 radical (unpaired) electrons. The first kappa shape index (κ1) is 17.7. The summed E-state index contributed by atoms with van der Waals surface area (Å²) in [6.45, 7) is 0.749. The summed E-state index contributed by atoms with van der Waals surface area (Å²) < 4.78 is 34.4. The van der Waals surface area contributed by atoms with Gasteiger partial charge in [-0.1, -0.05) is 6.07 Å². The lowest BCUT2D eigenvalue weighted by molar-refractivity contribution is -0.00494. The van der Waals surface area contributed by atoms with Gasteiger partial charge in [-0.05, 0) is 12.1 Å². The third-order valence-electron chi connectivity index (χ3n) is 4.27. The van der Waals surface area contributed by atoms with Crippen LogP contribution in [0, 0.1) is 0 Å². The van der Waals surface area contributed by atoms with Crippen LogP contribution in [0.3, 0.4) is 0 Å². The van der Waals surface area contributed by atoms with Crippen LogP contribution in [0.1, 0.15) is 11.8 Å². The number of pyridine rings is 1. The van der Waals surface area contributed by atoms with Gasteiger partial charge in [0.15, 0.2) is 5.03 Å². The van der Waals surface area contributed by atoms with Crippen LogP contribution in [0.5, 0.6) is 0 Å². The predicted octanol–water partition coefficient (Wildman–Crippen LogP) is 1.03. The molecule has 1 aliphatic heterocycles. The first-order chi connectivity index (χ1) is 13.0. The van der Waals surface area contributed by atoms with Crippen LogP contribution in [-0.2, 0) is 21.8 Å². The highest BCUT2D eigenvalue weighted by Crippen LogP contribution is 2.26. The molecule has 0 aliphatic carbocycles. The standard InChI is InChI=1S/C17H18N6O3S/c1-22-10-17(20-12-22)27(24,25)23-5-6-26-16(9-23)15-4-2-3-14(21-15)13-7-18-11-19-8-13/h2-4,7-8,10-12,16H,5-6,9H2,1H3/t16-/m0/s1. The molecule has 1 saturated heterocycles. The predicted molar refractivity (Wildman–Crippen MR) is 95.9 cm³/mol. The van der Waals surface area contributed by atoms with Gasteiger partial charge < -0.3 is 9.30 Å². The quantitative estimate of drug-likeness (QED) is 0.660. The number of nitrogens with zero attached hydrogens (tertiary/aromatic N) is 6. The Kier molecular flexibility index (Phi) is 4.68. The van der Waals surface area contributed by atoms with Gasteiger partial charge in [-0.2, -0.15) is 4.31 Å². The van der Waals surface area contributed by atoms with Crippen molar-refractivity contribution >= 4 is 10.0 Å². The Morgan fingerprint density at radius 2 is 2.04 bits per heavy atom. The van der Waals surface area contributed by atoms with Gasteiger partial charge in [-0.15, -0.1) is 0 Å². The lowest BCUT2D eigenvalue weighted by Gasteiger charge is -2.31. The van der Waals surface area contributed by atoms with E-state index in [2.05, 4.69) is 19.9 Å². The zero-order valence-electron chi connectivity index (χ0n) is 14.6. The second-order valence-corrected chi connectivity index (χ2v) is 8.06. The van der Waals surface area contributed by atoms with Gasteiger partial charge in [-0.3, -0.25) is 0 Å². The molecule has 0 saturated carbocycles. The Hall–Kier alpha value is -2.69. The first-order valence-corrected chi connectivity index (χ1v) is 9.80. The monoisotopic (exact) mass is 386 g/mol. The highest BCUT2D eigenvalue weighted by atomic mass is 32.2. The Bertz CT molecular complexity index is 1040. The third kappa shape index (κ3) is 3.59. The van der Waals surface area contributed by atoms with Crippen molar-refractivity contribution in [3.63, 3.8) is 0 Å². The van der Waals surface area contributed by atoms with Gasteiger partial charge >= 0.3 is 0 Å². The van der Waals surface area contributed by atoms with Crippen LogP contribution in [0.4, 0.5) is 0 Å². The topological polar surface area (TPSA) is 103 Å². The fraction of sp³-hybridized carbons (Fsp3) is 0.294. The first-order valence-electron chi connectivity index (χ1n) is 8.36. The van der Waals surface area contributed by atoms with E-state index in [-0.39, 0.29) is 24.7 Å². The molecule has 0 aromatic carbocycles. The molecule has 10 heteroatoms. The number of ether oxygens (including phenoxy) is 1. The Labute approximate surface area is 156 Å². The summed E-state index contributed by atoms with van der Waals surface area (Å²) >= 11 is 0. The molecular weight excluding hydrogens is 368 g/mol. The lowest BCUT2D eigenvalue weighted by Crippen LogP contribution is -2.42. The number of rotatable bonds is 4. The molecule has 3 aromatic heterocycles. The molecule has 4 rings (SSSR count). The van der Waals surface area contributed by atoms with E-state index >= 15 is 0 Å². The fourth-order valence-electron chi connectivity index (χ4n) is 2.90. The molecular formula is C17H18N6O3S. The van der Waals surface area contributed by atoms with Crippen LogP contribution in [0.2, 0.25) is 0 Å². The molecule has 0 amide bonds. The van der Waals surface area contributed by atoms with Crippen molar-refractivity contribution < 1.29 is 13.2 Å². The normalized spacial score (nSPS) is 18.5. The highest BCUT2D eigenvalue weighted by molar-refractivity contribution is 7.89. The Morgan fingerprint density at radius 1 is 1.22 bits per heavy atom. The zero-order valence-corrected chi connectivity index (χ0v) is 15.5. The molecule has 1 atom stereocenters. The second-order valence-electron chi connectivity index (χ2n) is 6.17. The van der Waals surface area contributed by atoms with E-state index in [1.165, 1.54) is 23.2 Å². The van der Waals surface area contributed by atoms with Crippen LogP contribution in [0.15, 0.2) is 54.5 Å². The van der Waals surface area contributed by atoms with Gasteiger partial charge in [0.1, 0.15) is 12.4 Å². The molecule has 3 aromatic rings. The molecule has 1 aliphatic rings. The smallest absolute Gasteiger partial charge is 0.262 e. The average molecular weight is 386 g/mol. The van der Waals surface area contributed by atoms with Gasteiger partial charge in [0, 0.05) is 44.3 Å². The number of hydrogen-bond acceptors (Lipinski definition) is 7. The minimum Gasteiger partial charge on any atom is -0.369 e. The van der Waals surface area contributed by atoms with E-state index in [0.29, 0.717) is 11.4 Å². The molecule has 9 nitrogen and oxygen atoms in total. The lowest BCUT2D eigenvalue weighted by atomic mass is 10.1. The van der Waals surface area contributed by atoms with Gasteiger partial charge in [-0.25, -0.2) is 28.4 Å². The van der Waals surface area contributed by atoms with E-state index in [9.17, 15) is 8.42 Å².